The number of rotatable bonds is 4. The third-order valence-corrected chi connectivity index (χ3v) is 6.27. The lowest BCUT2D eigenvalue weighted by atomic mass is 9.94. The van der Waals surface area contributed by atoms with E-state index in [-0.39, 0.29) is 12.0 Å². The summed E-state index contributed by atoms with van der Waals surface area (Å²) in [5.74, 6) is 1.16. The molecule has 5 heterocycles. The Morgan fingerprint density at radius 2 is 1.94 bits per heavy atom. The van der Waals surface area contributed by atoms with E-state index in [4.69, 9.17) is 9.72 Å². The number of halogens is 1. The SMILES string of the molecule is Cn1cc(-c2cnn3c(Nc4ncc(Br)cn4)cc(C4CCCN(C(=O)OC(C)(C)C)C4)nc23)cn1. The molecular formula is C24H28BrN9O2. The number of carbonyl (C=O) groups is 1. The van der Waals surface area contributed by atoms with E-state index in [0.29, 0.717) is 30.5 Å². The summed E-state index contributed by atoms with van der Waals surface area (Å²) < 4.78 is 9.90. The minimum atomic E-state index is -0.542. The molecule has 0 aliphatic carbocycles. The van der Waals surface area contributed by atoms with Gasteiger partial charge in [-0.25, -0.2) is 19.7 Å². The lowest BCUT2D eigenvalue weighted by Crippen LogP contribution is -2.42. The molecule has 0 aromatic carbocycles. The van der Waals surface area contributed by atoms with Crippen molar-refractivity contribution in [1.82, 2.24) is 39.2 Å². The number of hydrogen-bond donors (Lipinski definition) is 1. The van der Waals surface area contributed by atoms with Gasteiger partial charge in [-0.2, -0.15) is 14.7 Å². The fourth-order valence-corrected chi connectivity index (χ4v) is 4.45. The molecule has 4 aromatic rings. The predicted octanol–water partition coefficient (Wildman–Crippen LogP) is 4.54. The molecule has 5 rings (SSSR count). The van der Waals surface area contributed by atoms with Crippen molar-refractivity contribution in [3.05, 3.63) is 47.2 Å². The Labute approximate surface area is 217 Å². The van der Waals surface area contributed by atoms with Crippen molar-refractivity contribution in [1.29, 1.82) is 0 Å². The monoisotopic (exact) mass is 553 g/mol. The standard InChI is InChI=1S/C24H28BrN9O2/c1-24(2,3)36-23(35)33-7-5-6-15(14-33)19-8-20(31-22-26-10-17(25)11-27-22)34-21(30-19)18(12-29-34)16-9-28-32(4)13-16/h8-13,15H,5-7,14H2,1-4H3,(H,26,27,31). The van der Waals surface area contributed by atoms with Crippen molar-refractivity contribution in [2.24, 2.45) is 7.05 Å². The van der Waals surface area contributed by atoms with Crippen LogP contribution in [-0.4, -0.2) is 64.0 Å². The highest BCUT2D eigenvalue weighted by Crippen LogP contribution is 2.32. The summed E-state index contributed by atoms with van der Waals surface area (Å²) in [5, 5.41) is 12.2. The number of hydrogen-bond acceptors (Lipinski definition) is 8. The van der Waals surface area contributed by atoms with Crippen LogP contribution in [0.4, 0.5) is 16.6 Å². The summed E-state index contributed by atoms with van der Waals surface area (Å²) in [5.41, 5.74) is 2.79. The van der Waals surface area contributed by atoms with Gasteiger partial charge in [0.2, 0.25) is 5.95 Å². The van der Waals surface area contributed by atoms with E-state index in [9.17, 15) is 4.79 Å². The third-order valence-electron chi connectivity index (χ3n) is 5.86. The van der Waals surface area contributed by atoms with Crippen LogP contribution in [0.2, 0.25) is 0 Å². The largest absolute Gasteiger partial charge is 0.444 e. The molecule has 1 unspecified atom stereocenters. The second-order valence-electron chi connectivity index (χ2n) is 9.88. The molecule has 1 amide bonds. The van der Waals surface area contributed by atoms with Gasteiger partial charge in [0.05, 0.1) is 22.6 Å². The van der Waals surface area contributed by atoms with Gasteiger partial charge in [-0.15, -0.1) is 0 Å². The van der Waals surface area contributed by atoms with Crippen molar-refractivity contribution >= 4 is 39.4 Å². The van der Waals surface area contributed by atoms with Gasteiger partial charge < -0.3 is 15.0 Å². The van der Waals surface area contributed by atoms with Crippen LogP contribution in [0, 0.1) is 0 Å². The van der Waals surface area contributed by atoms with Gasteiger partial charge in [-0.05, 0) is 49.5 Å². The second-order valence-corrected chi connectivity index (χ2v) is 10.8. The van der Waals surface area contributed by atoms with Gasteiger partial charge >= 0.3 is 6.09 Å². The quantitative estimate of drug-likeness (QED) is 0.391. The smallest absolute Gasteiger partial charge is 0.410 e. The van der Waals surface area contributed by atoms with Crippen molar-refractivity contribution in [3.63, 3.8) is 0 Å². The Kier molecular flexibility index (Phi) is 6.37. The molecule has 36 heavy (non-hydrogen) atoms. The number of nitrogens with one attached hydrogen (secondary N) is 1. The summed E-state index contributed by atoms with van der Waals surface area (Å²) in [6, 6.07) is 1.96. The van der Waals surface area contributed by atoms with E-state index in [1.807, 2.05) is 40.1 Å². The maximum Gasteiger partial charge on any atom is 0.410 e. The van der Waals surface area contributed by atoms with E-state index in [2.05, 4.69) is 41.4 Å². The Balaban J connectivity index is 1.53. The average molecular weight is 554 g/mol. The number of amides is 1. The lowest BCUT2D eigenvalue weighted by molar-refractivity contribution is 0.0197. The zero-order valence-electron chi connectivity index (χ0n) is 20.6. The summed E-state index contributed by atoms with van der Waals surface area (Å²) in [7, 11) is 1.87. The Morgan fingerprint density at radius 1 is 1.17 bits per heavy atom. The van der Waals surface area contributed by atoms with Gasteiger partial charge in [0.25, 0.3) is 0 Å². The predicted molar refractivity (Wildman–Crippen MR) is 138 cm³/mol. The van der Waals surface area contributed by atoms with Crippen LogP contribution in [0.1, 0.15) is 45.2 Å². The fourth-order valence-electron chi connectivity index (χ4n) is 4.25. The fraction of sp³-hybridized carbons (Fsp3) is 0.417. The first kappa shape index (κ1) is 24.2. The van der Waals surface area contributed by atoms with E-state index in [1.54, 1.807) is 38.9 Å². The van der Waals surface area contributed by atoms with Crippen molar-refractivity contribution < 1.29 is 9.53 Å². The molecule has 0 bridgehead atoms. The molecule has 0 spiro atoms. The first-order valence-corrected chi connectivity index (χ1v) is 12.6. The summed E-state index contributed by atoms with van der Waals surface area (Å²) >= 11 is 3.37. The van der Waals surface area contributed by atoms with E-state index < -0.39 is 5.60 Å². The van der Waals surface area contributed by atoms with Gasteiger partial charge in [0.15, 0.2) is 5.65 Å². The van der Waals surface area contributed by atoms with Crippen molar-refractivity contribution in [3.8, 4) is 11.1 Å². The van der Waals surface area contributed by atoms with Gasteiger partial charge in [-0.1, -0.05) is 0 Å². The molecule has 1 N–H and O–H groups in total. The van der Waals surface area contributed by atoms with Crippen LogP contribution < -0.4 is 5.32 Å². The number of anilines is 2. The molecule has 0 saturated carbocycles. The molecule has 11 nitrogen and oxygen atoms in total. The van der Waals surface area contributed by atoms with Crippen LogP contribution >= 0.6 is 15.9 Å². The molecule has 1 aliphatic heterocycles. The lowest BCUT2D eigenvalue weighted by Gasteiger charge is -2.34. The minimum Gasteiger partial charge on any atom is -0.444 e. The number of piperidine rings is 1. The van der Waals surface area contributed by atoms with Crippen LogP contribution in [0.5, 0.6) is 0 Å². The van der Waals surface area contributed by atoms with Crippen molar-refractivity contribution in [2.75, 3.05) is 18.4 Å². The number of nitrogens with zero attached hydrogens (tertiary/aromatic N) is 8. The molecule has 12 heteroatoms. The summed E-state index contributed by atoms with van der Waals surface area (Å²) in [4.78, 5) is 28.3. The molecule has 1 fully saturated rings. The van der Waals surface area contributed by atoms with Crippen molar-refractivity contribution in [2.45, 2.75) is 45.1 Å². The summed E-state index contributed by atoms with van der Waals surface area (Å²) in [6.45, 7) is 6.83. The second kappa shape index (κ2) is 9.49. The highest BCUT2D eigenvalue weighted by Gasteiger charge is 2.30. The topological polar surface area (TPSA) is 115 Å². The molecule has 1 atom stereocenters. The van der Waals surface area contributed by atoms with E-state index in [0.717, 1.165) is 34.1 Å². The molecule has 4 aromatic heterocycles. The molecule has 1 saturated heterocycles. The number of aromatic nitrogens is 7. The third kappa shape index (κ3) is 5.18. The zero-order chi connectivity index (χ0) is 25.4. The number of aryl methyl sites for hydroxylation is 1. The zero-order valence-corrected chi connectivity index (χ0v) is 22.2. The number of likely N-dealkylation sites (tertiary alicyclic amines) is 1. The molecule has 188 valence electrons. The number of carbonyl (C=O) groups excluding carboxylic acids is 1. The Morgan fingerprint density at radius 3 is 2.64 bits per heavy atom. The molecule has 0 radical (unpaired) electrons. The average Bonchev–Trinajstić information content (AvgIpc) is 3.45. The van der Waals surface area contributed by atoms with Crippen LogP contribution in [-0.2, 0) is 11.8 Å². The molecular weight excluding hydrogens is 526 g/mol. The maximum absolute atomic E-state index is 12.8. The minimum absolute atomic E-state index is 0.0410. The Bertz CT molecular complexity index is 1390. The van der Waals surface area contributed by atoms with E-state index >= 15 is 0 Å². The highest BCUT2D eigenvalue weighted by atomic mass is 79.9. The van der Waals surface area contributed by atoms with Crippen LogP contribution in [0.15, 0.2) is 41.5 Å². The van der Waals surface area contributed by atoms with Crippen LogP contribution in [0.3, 0.4) is 0 Å². The normalized spacial score (nSPS) is 16.4. The summed E-state index contributed by atoms with van der Waals surface area (Å²) in [6.07, 6.45) is 10.3. The first-order valence-electron chi connectivity index (χ1n) is 11.8. The highest BCUT2D eigenvalue weighted by molar-refractivity contribution is 9.10. The van der Waals surface area contributed by atoms with Crippen LogP contribution in [0.25, 0.3) is 16.8 Å². The number of fused-ring (bicyclic) bond motifs is 1. The van der Waals surface area contributed by atoms with Gasteiger partial charge in [0, 0.05) is 61.8 Å². The number of ether oxygens (including phenoxy) is 1. The first-order chi connectivity index (χ1) is 17.2. The van der Waals surface area contributed by atoms with Gasteiger partial charge in [0.1, 0.15) is 11.4 Å². The van der Waals surface area contributed by atoms with Gasteiger partial charge in [-0.3, -0.25) is 4.68 Å². The molecule has 1 aliphatic rings. The maximum atomic E-state index is 12.8. The van der Waals surface area contributed by atoms with E-state index in [1.165, 1.54) is 0 Å². The Hall–Kier alpha value is -3.54.